The Morgan fingerprint density at radius 3 is 2.08 bits per heavy atom. The molecule has 0 aliphatic heterocycles. The minimum atomic E-state index is -0.786. The van der Waals surface area contributed by atoms with Crippen molar-refractivity contribution < 1.29 is 20.4 Å². The number of carbonyl (C=O) groups is 1. The second-order valence-corrected chi connectivity index (χ2v) is 2.06. The van der Waals surface area contributed by atoms with Gasteiger partial charge < -0.3 is 5.11 Å². The van der Waals surface area contributed by atoms with Crippen molar-refractivity contribution >= 4 is 5.97 Å². The molecule has 0 heterocycles. The predicted octanol–water partition coefficient (Wildman–Crippen LogP) is 1.33. The van der Waals surface area contributed by atoms with Crippen molar-refractivity contribution in [3.8, 4) is 0 Å². The number of hydrogen-bond donors (Lipinski definition) is 3. The van der Waals surface area contributed by atoms with Crippen molar-refractivity contribution in [3.05, 3.63) is 35.9 Å². The highest BCUT2D eigenvalue weighted by atomic mass is 17.0. The van der Waals surface area contributed by atoms with E-state index in [-0.39, 0.29) is 6.42 Å². The molecule has 1 aromatic rings. The Bertz CT molecular complexity index is 220. The zero-order chi connectivity index (χ0) is 9.40. The lowest BCUT2D eigenvalue weighted by atomic mass is 10.2. The Morgan fingerprint density at radius 1 is 1.17 bits per heavy atom. The highest BCUT2D eigenvalue weighted by Crippen LogP contribution is 1.98. The number of aliphatic carboxylic acids is 1. The molecule has 0 fully saturated rings. The lowest BCUT2D eigenvalue weighted by Crippen LogP contribution is -1.98. The molecule has 0 bridgehead atoms. The van der Waals surface area contributed by atoms with Gasteiger partial charge in [-0.2, -0.15) is 0 Å². The quantitative estimate of drug-likeness (QED) is 0.462. The topological polar surface area (TPSA) is 77.8 Å². The van der Waals surface area contributed by atoms with Crippen LogP contribution in [0.2, 0.25) is 0 Å². The number of rotatable bonds is 2. The third-order valence-corrected chi connectivity index (χ3v) is 1.20. The van der Waals surface area contributed by atoms with E-state index in [0.29, 0.717) is 0 Å². The van der Waals surface area contributed by atoms with Crippen LogP contribution in [-0.2, 0) is 11.2 Å². The smallest absolute Gasteiger partial charge is 0.307 e. The average Bonchev–Trinajstić information content (AvgIpc) is 2.08. The van der Waals surface area contributed by atoms with Crippen LogP contribution >= 0.6 is 0 Å². The SMILES string of the molecule is O=C(O)Cc1ccccc1.OO. The molecule has 4 nitrogen and oxygen atoms in total. The fourth-order valence-corrected chi connectivity index (χ4v) is 0.770. The Balaban J connectivity index is 0.000000561. The van der Waals surface area contributed by atoms with Gasteiger partial charge in [-0.3, -0.25) is 15.3 Å². The molecule has 0 atom stereocenters. The van der Waals surface area contributed by atoms with Gasteiger partial charge in [0.05, 0.1) is 6.42 Å². The first-order chi connectivity index (χ1) is 5.79. The highest BCUT2D eigenvalue weighted by molar-refractivity contribution is 5.70. The maximum Gasteiger partial charge on any atom is 0.307 e. The van der Waals surface area contributed by atoms with Gasteiger partial charge in [0.2, 0.25) is 0 Å². The Hall–Kier alpha value is -1.39. The standard InChI is InChI=1S/C8H8O2.H2O2/c9-8(10)6-7-4-2-1-3-5-7;1-2/h1-5H,6H2,(H,9,10);1-2H. The minimum absolute atomic E-state index is 0.112. The first-order valence-electron chi connectivity index (χ1n) is 3.25. The molecule has 0 aliphatic carbocycles. The van der Waals surface area contributed by atoms with Crippen molar-refractivity contribution in [2.45, 2.75) is 6.42 Å². The van der Waals surface area contributed by atoms with E-state index in [4.69, 9.17) is 15.6 Å². The molecule has 4 heteroatoms. The van der Waals surface area contributed by atoms with Gasteiger partial charge in [0.25, 0.3) is 0 Å². The Kier molecular flexibility index (Phi) is 5.60. The molecular weight excluding hydrogens is 160 g/mol. The molecule has 3 N–H and O–H groups in total. The maximum atomic E-state index is 10.2. The lowest BCUT2D eigenvalue weighted by molar-refractivity contribution is -0.176. The van der Waals surface area contributed by atoms with Crippen LogP contribution in [0.5, 0.6) is 0 Å². The molecule has 0 saturated heterocycles. The second-order valence-electron chi connectivity index (χ2n) is 2.06. The summed E-state index contributed by atoms with van der Waals surface area (Å²) in [5.41, 5.74) is 0.843. The monoisotopic (exact) mass is 170 g/mol. The van der Waals surface area contributed by atoms with Gasteiger partial charge >= 0.3 is 5.97 Å². The fourth-order valence-electron chi connectivity index (χ4n) is 0.770. The lowest BCUT2D eigenvalue weighted by Gasteiger charge is -1.92. The van der Waals surface area contributed by atoms with Crippen molar-refractivity contribution in [1.29, 1.82) is 0 Å². The molecular formula is C8H10O4. The molecule has 0 amide bonds. The summed E-state index contributed by atoms with van der Waals surface area (Å²) in [6.45, 7) is 0. The van der Waals surface area contributed by atoms with Gasteiger partial charge in [0.15, 0.2) is 0 Å². The van der Waals surface area contributed by atoms with Crippen LogP contribution in [0.25, 0.3) is 0 Å². The average molecular weight is 170 g/mol. The van der Waals surface area contributed by atoms with Gasteiger partial charge in [-0.1, -0.05) is 30.3 Å². The van der Waals surface area contributed by atoms with E-state index >= 15 is 0 Å². The van der Waals surface area contributed by atoms with Crippen molar-refractivity contribution in [2.24, 2.45) is 0 Å². The van der Waals surface area contributed by atoms with Gasteiger partial charge in [0, 0.05) is 0 Å². The van der Waals surface area contributed by atoms with Crippen molar-refractivity contribution in [1.82, 2.24) is 0 Å². The predicted molar refractivity (Wildman–Crippen MR) is 43.0 cm³/mol. The largest absolute Gasteiger partial charge is 0.481 e. The van der Waals surface area contributed by atoms with Crippen molar-refractivity contribution in [2.75, 3.05) is 0 Å². The summed E-state index contributed by atoms with van der Waals surface area (Å²) in [6.07, 6.45) is 0.112. The van der Waals surface area contributed by atoms with Gasteiger partial charge in [0.1, 0.15) is 0 Å². The van der Waals surface area contributed by atoms with E-state index in [1.807, 2.05) is 18.2 Å². The molecule has 0 aliphatic rings. The van der Waals surface area contributed by atoms with Gasteiger partial charge in [-0.05, 0) is 5.56 Å². The number of benzene rings is 1. The van der Waals surface area contributed by atoms with Crippen LogP contribution in [0.4, 0.5) is 0 Å². The van der Waals surface area contributed by atoms with E-state index in [9.17, 15) is 4.79 Å². The Morgan fingerprint density at radius 2 is 1.67 bits per heavy atom. The number of carboxylic acids is 1. The fraction of sp³-hybridized carbons (Fsp3) is 0.125. The number of carboxylic acid groups (broad SMARTS) is 1. The van der Waals surface area contributed by atoms with Gasteiger partial charge in [-0.25, -0.2) is 0 Å². The normalized spacial score (nSPS) is 8.17. The van der Waals surface area contributed by atoms with Crippen LogP contribution in [0.1, 0.15) is 5.56 Å². The summed E-state index contributed by atoms with van der Waals surface area (Å²) in [4.78, 5) is 10.2. The van der Waals surface area contributed by atoms with Crippen molar-refractivity contribution in [3.63, 3.8) is 0 Å². The molecule has 0 aromatic heterocycles. The van der Waals surface area contributed by atoms with E-state index in [1.54, 1.807) is 12.1 Å². The van der Waals surface area contributed by atoms with E-state index in [2.05, 4.69) is 0 Å². The van der Waals surface area contributed by atoms with Crippen LogP contribution in [0.3, 0.4) is 0 Å². The molecule has 0 saturated carbocycles. The molecule has 12 heavy (non-hydrogen) atoms. The summed E-state index contributed by atoms with van der Waals surface area (Å²) >= 11 is 0. The van der Waals surface area contributed by atoms with Crippen LogP contribution in [-0.4, -0.2) is 21.6 Å². The number of hydrogen-bond acceptors (Lipinski definition) is 3. The summed E-state index contributed by atoms with van der Waals surface area (Å²) in [7, 11) is 0. The molecule has 0 unspecified atom stereocenters. The van der Waals surface area contributed by atoms with Crippen LogP contribution < -0.4 is 0 Å². The zero-order valence-corrected chi connectivity index (χ0v) is 6.34. The molecule has 66 valence electrons. The second kappa shape index (κ2) is 6.33. The molecule has 1 aromatic carbocycles. The molecule has 0 spiro atoms. The Labute approximate surface area is 69.6 Å². The third-order valence-electron chi connectivity index (χ3n) is 1.20. The summed E-state index contributed by atoms with van der Waals surface area (Å²) in [5, 5.41) is 20.4. The summed E-state index contributed by atoms with van der Waals surface area (Å²) in [5.74, 6) is -0.786. The highest BCUT2D eigenvalue weighted by Gasteiger charge is 1.96. The summed E-state index contributed by atoms with van der Waals surface area (Å²) < 4.78 is 0. The first-order valence-corrected chi connectivity index (χ1v) is 3.25. The van der Waals surface area contributed by atoms with Crippen LogP contribution in [0.15, 0.2) is 30.3 Å². The first kappa shape index (κ1) is 10.6. The zero-order valence-electron chi connectivity index (χ0n) is 6.34. The molecule has 0 radical (unpaired) electrons. The minimum Gasteiger partial charge on any atom is -0.481 e. The third kappa shape index (κ3) is 4.43. The molecule has 1 rings (SSSR count). The van der Waals surface area contributed by atoms with E-state index in [0.717, 1.165) is 5.56 Å². The maximum absolute atomic E-state index is 10.2. The van der Waals surface area contributed by atoms with E-state index in [1.165, 1.54) is 0 Å². The van der Waals surface area contributed by atoms with Gasteiger partial charge in [-0.15, -0.1) is 0 Å². The van der Waals surface area contributed by atoms with Crippen LogP contribution in [0, 0.1) is 0 Å². The summed E-state index contributed by atoms with van der Waals surface area (Å²) in [6, 6.07) is 9.13. The van der Waals surface area contributed by atoms with E-state index < -0.39 is 5.97 Å².